The molecule has 2 N–H and O–H groups in total. The minimum atomic E-state index is 0.582. The van der Waals surface area contributed by atoms with Gasteiger partial charge in [-0.25, -0.2) is 4.98 Å². The number of methoxy groups -OCH3 is 2. The molecule has 0 saturated heterocycles. The van der Waals surface area contributed by atoms with Crippen LogP contribution in [0.15, 0.2) is 36.4 Å². The van der Waals surface area contributed by atoms with Crippen molar-refractivity contribution in [3.63, 3.8) is 0 Å². The molecule has 3 aromatic rings. The first-order valence-corrected chi connectivity index (χ1v) is 6.91. The molecule has 3 rings (SSSR count). The molecule has 0 fully saturated rings. The normalized spacial score (nSPS) is 10.7. The van der Waals surface area contributed by atoms with Crippen molar-refractivity contribution in [1.82, 2.24) is 4.98 Å². The summed E-state index contributed by atoms with van der Waals surface area (Å²) in [5.74, 6) is 1.55. The summed E-state index contributed by atoms with van der Waals surface area (Å²) >= 11 is 1.48. The quantitative estimate of drug-likeness (QED) is 0.799. The molecular weight excluding hydrogens is 272 g/mol. The van der Waals surface area contributed by atoms with Crippen molar-refractivity contribution in [1.29, 1.82) is 0 Å². The standard InChI is InChI=1S/C15H14N2O2S/c1-18-10-4-5-11(13(8-10)19-2)9-3-6-12-14(7-9)20-15(16)17-12/h3-8H,1-2H3,(H2,16,17). The van der Waals surface area contributed by atoms with Crippen LogP contribution in [0.5, 0.6) is 11.5 Å². The molecule has 20 heavy (non-hydrogen) atoms. The lowest BCUT2D eigenvalue weighted by atomic mass is 10.0. The summed E-state index contributed by atoms with van der Waals surface area (Å²) in [6.45, 7) is 0. The van der Waals surface area contributed by atoms with E-state index in [0.717, 1.165) is 32.8 Å². The van der Waals surface area contributed by atoms with E-state index in [1.54, 1.807) is 14.2 Å². The second-order valence-corrected chi connectivity index (χ2v) is 5.36. The first kappa shape index (κ1) is 12.7. The number of nitrogens with zero attached hydrogens (tertiary/aromatic N) is 1. The lowest BCUT2D eigenvalue weighted by molar-refractivity contribution is 0.395. The number of benzene rings is 2. The molecule has 4 nitrogen and oxygen atoms in total. The Bertz CT molecular complexity index is 768. The molecule has 0 bridgehead atoms. The smallest absolute Gasteiger partial charge is 0.181 e. The molecule has 102 valence electrons. The van der Waals surface area contributed by atoms with Crippen molar-refractivity contribution in [2.45, 2.75) is 0 Å². The van der Waals surface area contributed by atoms with Crippen LogP contribution < -0.4 is 15.2 Å². The van der Waals surface area contributed by atoms with E-state index in [1.165, 1.54) is 11.3 Å². The average molecular weight is 286 g/mol. The van der Waals surface area contributed by atoms with Crippen LogP contribution in [-0.2, 0) is 0 Å². The van der Waals surface area contributed by atoms with Crippen LogP contribution in [0.4, 0.5) is 5.13 Å². The predicted molar refractivity (Wildman–Crippen MR) is 82.6 cm³/mol. The second kappa shape index (κ2) is 5.02. The van der Waals surface area contributed by atoms with E-state index in [4.69, 9.17) is 15.2 Å². The number of fused-ring (bicyclic) bond motifs is 1. The Morgan fingerprint density at radius 1 is 1.05 bits per heavy atom. The number of aromatic nitrogens is 1. The Morgan fingerprint density at radius 3 is 2.65 bits per heavy atom. The third-order valence-electron chi connectivity index (χ3n) is 3.12. The summed E-state index contributed by atoms with van der Waals surface area (Å²) in [5.41, 5.74) is 8.75. The Labute approximate surface area is 120 Å². The molecule has 0 radical (unpaired) electrons. The maximum Gasteiger partial charge on any atom is 0.181 e. The highest BCUT2D eigenvalue weighted by atomic mass is 32.1. The van der Waals surface area contributed by atoms with Gasteiger partial charge in [0.15, 0.2) is 5.13 Å². The number of nitrogens with two attached hydrogens (primary N) is 1. The van der Waals surface area contributed by atoms with E-state index in [1.807, 2.05) is 30.3 Å². The zero-order valence-electron chi connectivity index (χ0n) is 11.2. The topological polar surface area (TPSA) is 57.4 Å². The molecule has 0 amide bonds. The van der Waals surface area contributed by atoms with E-state index in [-0.39, 0.29) is 0 Å². The van der Waals surface area contributed by atoms with E-state index in [2.05, 4.69) is 11.1 Å². The minimum Gasteiger partial charge on any atom is -0.497 e. The lowest BCUT2D eigenvalue weighted by Crippen LogP contribution is -1.90. The Balaban J connectivity index is 2.14. The number of ether oxygens (including phenoxy) is 2. The Kier molecular flexibility index (Phi) is 3.20. The Hall–Kier alpha value is -2.27. The van der Waals surface area contributed by atoms with Crippen LogP contribution in [0.25, 0.3) is 21.3 Å². The molecule has 0 aliphatic rings. The predicted octanol–water partition coefficient (Wildman–Crippen LogP) is 3.56. The van der Waals surface area contributed by atoms with E-state index in [0.29, 0.717) is 5.13 Å². The second-order valence-electron chi connectivity index (χ2n) is 4.30. The highest BCUT2D eigenvalue weighted by Crippen LogP contribution is 2.36. The molecule has 1 aromatic heterocycles. The maximum absolute atomic E-state index is 5.74. The Morgan fingerprint density at radius 2 is 1.90 bits per heavy atom. The van der Waals surface area contributed by atoms with Gasteiger partial charge in [-0.15, -0.1) is 0 Å². The molecular formula is C15H14N2O2S. The summed E-state index contributed by atoms with van der Waals surface area (Å²) < 4.78 is 11.7. The first-order valence-electron chi connectivity index (χ1n) is 6.09. The van der Waals surface area contributed by atoms with Crippen LogP contribution in [0, 0.1) is 0 Å². The van der Waals surface area contributed by atoms with Crippen molar-refractivity contribution in [2.24, 2.45) is 0 Å². The molecule has 0 saturated carbocycles. The van der Waals surface area contributed by atoms with Gasteiger partial charge in [0.05, 0.1) is 24.4 Å². The van der Waals surface area contributed by atoms with Crippen molar-refractivity contribution in [3.8, 4) is 22.6 Å². The summed E-state index contributed by atoms with van der Waals surface area (Å²) in [6.07, 6.45) is 0. The van der Waals surface area contributed by atoms with Gasteiger partial charge in [-0.3, -0.25) is 0 Å². The van der Waals surface area contributed by atoms with Crippen molar-refractivity contribution in [3.05, 3.63) is 36.4 Å². The van der Waals surface area contributed by atoms with Gasteiger partial charge in [-0.05, 0) is 29.8 Å². The van der Waals surface area contributed by atoms with Crippen LogP contribution in [-0.4, -0.2) is 19.2 Å². The molecule has 0 atom stereocenters. The molecule has 0 unspecified atom stereocenters. The van der Waals surface area contributed by atoms with Gasteiger partial charge in [0.25, 0.3) is 0 Å². The van der Waals surface area contributed by atoms with Crippen LogP contribution in [0.3, 0.4) is 0 Å². The van der Waals surface area contributed by atoms with Gasteiger partial charge in [-0.1, -0.05) is 17.4 Å². The highest BCUT2D eigenvalue weighted by Gasteiger charge is 2.09. The first-order chi connectivity index (χ1) is 9.71. The van der Waals surface area contributed by atoms with Crippen LogP contribution >= 0.6 is 11.3 Å². The van der Waals surface area contributed by atoms with Crippen LogP contribution in [0.2, 0.25) is 0 Å². The van der Waals surface area contributed by atoms with Crippen molar-refractivity contribution < 1.29 is 9.47 Å². The zero-order valence-corrected chi connectivity index (χ0v) is 12.0. The third kappa shape index (κ3) is 2.16. The molecule has 2 aromatic carbocycles. The summed E-state index contributed by atoms with van der Waals surface area (Å²) in [5, 5.41) is 0.582. The fourth-order valence-corrected chi connectivity index (χ4v) is 2.92. The highest BCUT2D eigenvalue weighted by molar-refractivity contribution is 7.22. The fourth-order valence-electron chi connectivity index (χ4n) is 2.15. The van der Waals surface area contributed by atoms with Crippen molar-refractivity contribution >= 4 is 26.7 Å². The zero-order chi connectivity index (χ0) is 14.1. The average Bonchev–Trinajstić information content (AvgIpc) is 2.85. The number of anilines is 1. The largest absolute Gasteiger partial charge is 0.497 e. The summed E-state index contributed by atoms with van der Waals surface area (Å²) in [4.78, 5) is 4.26. The van der Waals surface area contributed by atoms with Crippen molar-refractivity contribution in [2.75, 3.05) is 20.0 Å². The SMILES string of the molecule is COc1ccc(-c2ccc3nc(N)sc3c2)c(OC)c1. The monoisotopic (exact) mass is 286 g/mol. The number of nitrogen functional groups attached to an aromatic ring is 1. The van der Waals surface area contributed by atoms with Gasteiger partial charge in [0, 0.05) is 11.6 Å². The minimum absolute atomic E-state index is 0.582. The number of rotatable bonds is 3. The summed E-state index contributed by atoms with van der Waals surface area (Å²) in [6, 6.07) is 11.9. The molecule has 0 spiro atoms. The maximum atomic E-state index is 5.74. The van der Waals surface area contributed by atoms with Gasteiger partial charge in [0.1, 0.15) is 11.5 Å². The lowest BCUT2D eigenvalue weighted by Gasteiger charge is -2.10. The fraction of sp³-hybridized carbons (Fsp3) is 0.133. The molecule has 1 heterocycles. The molecule has 0 aliphatic carbocycles. The number of hydrogen-bond acceptors (Lipinski definition) is 5. The summed E-state index contributed by atoms with van der Waals surface area (Å²) in [7, 11) is 3.29. The number of hydrogen-bond donors (Lipinski definition) is 1. The van der Waals surface area contributed by atoms with Gasteiger partial charge >= 0.3 is 0 Å². The molecule has 0 aliphatic heterocycles. The van der Waals surface area contributed by atoms with E-state index < -0.39 is 0 Å². The van der Waals surface area contributed by atoms with E-state index in [9.17, 15) is 0 Å². The molecule has 5 heteroatoms. The van der Waals surface area contributed by atoms with Gasteiger partial charge < -0.3 is 15.2 Å². The van der Waals surface area contributed by atoms with E-state index >= 15 is 0 Å². The number of thiazole rings is 1. The third-order valence-corrected chi connectivity index (χ3v) is 3.97. The van der Waals surface area contributed by atoms with Gasteiger partial charge in [-0.2, -0.15) is 0 Å². The van der Waals surface area contributed by atoms with Crippen LogP contribution in [0.1, 0.15) is 0 Å². The van der Waals surface area contributed by atoms with Gasteiger partial charge in [0.2, 0.25) is 0 Å².